The van der Waals surface area contributed by atoms with Gasteiger partial charge < -0.3 is 0 Å². The summed E-state index contributed by atoms with van der Waals surface area (Å²) in [6.07, 6.45) is 0. The summed E-state index contributed by atoms with van der Waals surface area (Å²) in [6, 6.07) is 8.09. The average Bonchev–Trinajstić information content (AvgIpc) is 2.53. The van der Waals surface area contributed by atoms with Crippen LogP contribution >= 0.6 is 27.5 Å². The van der Waals surface area contributed by atoms with Crippen molar-refractivity contribution in [2.45, 2.75) is 13.5 Å². The van der Waals surface area contributed by atoms with Crippen LogP contribution < -0.4 is 0 Å². The Labute approximate surface area is 101 Å². The van der Waals surface area contributed by atoms with E-state index in [2.05, 4.69) is 26.1 Å². The molecule has 0 radical (unpaired) electrons. The number of rotatable bonds is 2. The molecule has 5 heteroatoms. The van der Waals surface area contributed by atoms with Crippen LogP contribution in [0.4, 0.5) is 0 Å². The summed E-state index contributed by atoms with van der Waals surface area (Å²) >= 11 is 9.30. The number of aromatic nitrogens is 3. The first-order valence-corrected chi connectivity index (χ1v) is 5.63. The fourth-order valence-electron chi connectivity index (χ4n) is 1.31. The van der Waals surface area contributed by atoms with Crippen molar-refractivity contribution in [1.82, 2.24) is 14.8 Å². The van der Waals surface area contributed by atoms with Crippen molar-refractivity contribution >= 4 is 27.5 Å². The maximum atomic E-state index is 5.91. The SMILES string of the molecule is Cc1nnc(Cl)n1Cc1ccc(Br)cc1. The minimum Gasteiger partial charge on any atom is -0.298 e. The second-order valence-electron chi connectivity index (χ2n) is 3.23. The lowest BCUT2D eigenvalue weighted by Crippen LogP contribution is -2.02. The zero-order valence-electron chi connectivity index (χ0n) is 8.11. The lowest BCUT2D eigenvalue weighted by atomic mass is 10.2. The molecule has 0 unspecified atom stereocenters. The van der Waals surface area contributed by atoms with Gasteiger partial charge in [-0.15, -0.1) is 10.2 Å². The molecule has 2 rings (SSSR count). The zero-order chi connectivity index (χ0) is 10.8. The molecule has 0 N–H and O–H groups in total. The van der Waals surface area contributed by atoms with Gasteiger partial charge in [-0.3, -0.25) is 4.57 Å². The van der Waals surface area contributed by atoms with E-state index in [1.165, 1.54) is 5.56 Å². The topological polar surface area (TPSA) is 30.7 Å². The molecule has 0 atom stereocenters. The monoisotopic (exact) mass is 285 g/mol. The molecule has 1 aromatic carbocycles. The molecule has 1 heterocycles. The molecule has 15 heavy (non-hydrogen) atoms. The predicted octanol–water partition coefficient (Wildman–Crippen LogP) is 3.05. The minimum absolute atomic E-state index is 0.426. The van der Waals surface area contributed by atoms with Gasteiger partial charge in [-0.25, -0.2) is 0 Å². The van der Waals surface area contributed by atoms with Gasteiger partial charge in [0.15, 0.2) is 0 Å². The summed E-state index contributed by atoms with van der Waals surface area (Å²) in [5.41, 5.74) is 1.17. The molecule has 0 spiro atoms. The number of aryl methyl sites for hydroxylation is 1. The first-order chi connectivity index (χ1) is 7.16. The van der Waals surface area contributed by atoms with E-state index in [1.54, 1.807) is 0 Å². The van der Waals surface area contributed by atoms with Crippen molar-refractivity contribution in [2.75, 3.05) is 0 Å². The van der Waals surface area contributed by atoms with E-state index in [9.17, 15) is 0 Å². The van der Waals surface area contributed by atoms with E-state index >= 15 is 0 Å². The van der Waals surface area contributed by atoms with Crippen LogP contribution in [0.25, 0.3) is 0 Å². The van der Waals surface area contributed by atoms with Gasteiger partial charge in [0, 0.05) is 4.47 Å². The third-order valence-corrected chi connectivity index (χ3v) is 2.95. The van der Waals surface area contributed by atoms with Crippen LogP contribution in [0.15, 0.2) is 28.7 Å². The number of benzene rings is 1. The van der Waals surface area contributed by atoms with Crippen LogP contribution in [-0.2, 0) is 6.54 Å². The van der Waals surface area contributed by atoms with E-state index < -0.39 is 0 Å². The molecule has 0 aliphatic heterocycles. The summed E-state index contributed by atoms with van der Waals surface area (Å²) in [5.74, 6) is 0.822. The Balaban J connectivity index is 2.25. The van der Waals surface area contributed by atoms with E-state index in [0.717, 1.165) is 10.3 Å². The fourth-order valence-corrected chi connectivity index (χ4v) is 1.79. The molecule has 0 aliphatic rings. The Morgan fingerprint density at radius 1 is 1.27 bits per heavy atom. The molecule has 3 nitrogen and oxygen atoms in total. The van der Waals surface area contributed by atoms with Crippen molar-refractivity contribution in [3.05, 3.63) is 45.4 Å². The van der Waals surface area contributed by atoms with Gasteiger partial charge >= 0.3 is 0 Å². The van der Waals surface area contributed by atoms with Gasteiger partial charge in [0.05, 0.1) is 6.54 Å². The smallest absolute Gasteiger partial charge is 0.225 e. The van der Waals surface area contributed by atoms with Crippen molar-refractivity contribution in [1.29, 1.82) is 0 Å². The number of nitrogens with zero attached hydrogens (tertiary/aromatic N) is 3. The zero-order valence-corrected chi connectivity index (χ0v) is 10.5. The lowest BCUT2D eigenvalue weighted by Gasteiger charge is -2.05. The second-order valence-corrected chi connectivity index (χ2v) is 4.48. The van der Waals surface area contributed by atoms with Crippen molar-refractivity contribution in [3.63, 3.8) is 0 Å². The van der Waals surface area contributed by atoms with Gasteiger partial charge in [0.2, 0.25) is 5.28 Å². The molecule has 0 amide bonds. The van der Waals surface area contributed by atoms with Crippen molar-refractivity contribution < 1.29 is 0 Å². The summed E-state index contributed by atoms with van der Waals surface area (Å²) < 4.78 is 2.93. The first-order valence-electron chi connectivity index (χ1n) is 4.46. The highest BCUT2D eigenvalue weighted by molar-refractivity contribution is 9.10. The standard InChI is InChI=1S/C10H9BrClN3/c1-7-13-14-10(12)15(7)6-8-2-4-9(11)5-3-8/h2-5H,6H2,1H3. The number of halogens is 2. The molecule has 0 fully saturated rings. The third kappa shape index (κ3) is 2.38. The van der Waals surface area contributed by atoms with Crippen LogP contribution in [0, 0.1) is 6.92 Å². The molecule has 0 bridgehead atoms. The van der Waals surface area contributed by atoms with E-state index in [4.69, 9.17) is 11.6 Å². The van der Waals surface area contributed by atoms with Crippen LogP contribution in [0.2, 0.25) is 5.28 Å². The predicted molar refractivity (Wildman–Crippen MR) is 63.0 cm³/mol. The van der Waals surface area contributed by atoms with Crippen molar-refractivity contribution in [2.24, 2.45) is 0 Å². The first kappa shape index (κ1) is 10.6. The highest BCUT2D eigenvalue weighted by Crippen LogP contribution is 2.14. The van der Waals surface area contributed by atoms with Gasteiger partial charge in [-0.1, -0.05) is 28.1 Å². The normalized spacial score (nSPS) is 10.6. The quantitative estimate of drug-likeness (QED) is 0.849. The van der Waals surface area contributed by atoms with E-state index in [0.29, 0.717) is 11.8 Å². The Bertz CT molecular complexity index is 445. The van der Waals surface area contributed by atoms with Crippen molar-refractivity contribution in [3.8, 4) is 0 Å². The maximum Gasteiger partial charge on any atom is 0.225 e. The third-order valence-electron chi connectivity index (χ3n) is 2.14. The molecular weight excluding hydrogens is 277 g/mol. The second kappa shape index (κ2) is 4.33. The van der Waals surface area contributed by atoms with Crippen LogP contribution in [0.3, 0.4) is 0 Å². The van der Waals surface area contributed by atoms with Gasteiger partial charge in [-0.2, -0.15) is 0 Å². The Hall–Kier alpha value is -0.870. The number of hydrogen-bond donors (Lipinski definition) is 0. The van der Waals surface area contributed by atoms with Gasteiger partial charge in [0.1, 0.15) is 5.82 Å². The molecule has 0 aliphatic carbocycles. The summed E-state index contributed by atoms with van der Waals surface area (Å²) in [6.45, 7) is 2.59. The Morgan fingerprint density at radius 2 is 1.93 bits per heavy atom. The summed E-state index contributed by atoms with van der Waals surface area (Å²) in [4.78, 5) is 0. The van der Waals surface area contributed by atoms with Gasteiger partial charge in [0.25, 0.3) is 0 Å². The molecule has 0 saturated heterocycles. The maximum absolute atomic E-state index is 5.91. The molecule has 1 aromatic heterocycles. The summed E-state index contributed by atoms with van der Waals surface area (Å²) in [7, 11) is 0. The summed E-state index contributed by atoms with van der Waals surface area (Å²) in [5, 5.41) is 8.13. The highest BCUT2D eigenvalue weighted by atomic mass is 79.9. The highest BCUT2D eigenvalue weighted by Gasteiger charge is 2.06. The lowest BCUT2D eigenvalue weighted by molar-refractivity contribution is 0.762. The Morgan fingerprint density at radius 3 is 2.47 bits per heavy atom. The minimum atomic E-state index is 0.426. The fraction of sp³-hybridized carbons (Fsp3) is 0.200. The van der Waals surface area contributed by atoms with Crippen LogP contribution in [0.1, 0.15) is 11.4 Å². The Kier molecular flexibility index (Phi) is 3.07. The molecular formula is C10H9BrClN3. The average molecular weight is 287 g/mol. The van der Waals surface area contributed by atoms with Crippen LogP contribution in [-0.4, -0.2) is 14.8 Å². The molecule has 78 valence electrons. The number of hydrogen-bond acceptors (Lipinski definition) is 2. The van der Waals surface area contributed by atoms with Gasteiger partial charge in [-0.05, 0) is 36.2 Å². The molecule has 0 saturated carbocycles. The van der Waals surface area contributed by atoms with E-state index in [-0.39, 0.29) is 0 Å². The van der Waals surface area contributed by atoms with Crippen LogP contribution in [0.5, 0.6) is 0 Å². The molecule has 2 aromatic rings. The van der Waals surface area contributed by atoms with E-state index in [1.807, 2.05) is 35.8 Å². The largest absolute Gasteiger partial charge is 0.298 e.